The van der Waals surface area contributed by atoms with E-state index in [-0.39, 0.29) is 16.7 Å². The van der Waals surface area contributed by atoms with E-state index in [1.807, 2.05) is 12.3 Å². The van der Waals surface area contributed by atoms with Crippen LogP contribution < -0.4 is 5.56 Å². The molecule has 1 fully saturated rings. The van der Waals surface area contributed by atoms with E-state index in [0.717, 1.165) is 48.6 Å². The minimum absolute atomic E-state index is 0.122. The largest absolute Gasteiger partial charge is 0.393 e. The number of aliphatic hydroxyl groups excluding tert-OH is 1. The van der Waals surface area contributed by atoms with E-state index in [4.69, 9.17) is 11.6 Å². The van der Waals surface area contributed by atoms with E-state index in [1.165, 1.54) is 5.52 Å². The first-order valence-electron chi connectivity index (χ1n) is 10.6. The van der Waals surface area contributed by atoms with E-state index < -0.39 is 0 Å². The zero-order valence-electron chi connectivity index (χ0n) is 17.1. The second kappa shape index (κ2) is 8.37. The standard InChI is InChI=1S/C24H29ClN2O2/c1-16(2)9-12-26-13-11-21(23(25)24(26)29)17-3-8-22-18(15-17)10-14-27(22)19-4-6-20(28)7-5-19/h3,8,10-11,13-16,19-20,28H,4-7,9,12H2,1-2H3/t19-,20-. The molecule has 4 rings (SSSR count). The summed E-state index contributed by atoms with van der Waals surface area (Å²) in [7, 11) is 0. The molecule has 4 nitrogen and oxygen atoms in total. The number of aryl methyl sites for hydroxylation is 1. The predicted molar refractivity (Wildman–Crippen MR) is 120 cm³/mol. The lowest BCUT2D eigenvalue weighted by molar-refractivity contribution is 0.111. The number of fused-ring (bicyclic) bond motifs is 1. The van der Waals surface area contributed by atoms with Gasteiger partial charge in [-0.2, -0.15) is 0 Å². The van der Waals surface area contributed by atoms with Crippen molar-refractivity contribution in [2.45, 2.75) is 64.6 Å². The number of halogens is 1. The predicted octanol–water partition coefficient (Wildman–Crippen LogP) is 5.65. The highest BCUT2D eigenvalue weighted by atomic mass is 35.5. The zero-order chi connectivity index (χ0) is 20.5. The molecule has 0 spiro atoms. The van der Waals surface area contributed by atoms with Crippen LogP contribution in [0.5, 0.6) is 0 Å². The molecule has 1 aliphatic carbocycles. The molecular weight excluding hydrogens is 384 g/mol. The molecule has 29 heavy (non-hydrogen) atoms. The molecule has 0 unspecified atom stereocenters. The fraction of sp³-hybridized carbons (Fsp3) is 0.458. The third-order valence-electron chi connectivity index (χ3n) is 6.14. The van der Waals surface area contributed by atoms with E-state index in [9.17, 15) is 9.90 Å². The van der Waals surface area contributed by atoms with Gasteiger partial charge in [-0.15, -0.1) is 0 Å². The monoisotopic (exact) mass is 412 g/mol. The Balaban J connectivity index is 1.63. The second-order valence-corrected chi connectivity index (χ2v) is 9.06. The number of nitrogens with zero attached hydrogens (tertiary/aromatic N) is 2. The van der Waals surface area contributed by atoms with Gasteiger partial charge >= 0.3 is 0 Å². The van der Waals surface area contributed by atoms with Crippen molar-refractivity contribution in [2.75, 3.05) is 0 Å². The topological polar surface area (TPSA) is 47.2 Å². The number of aliphatic hydroxyl groups is 1. The van der Waals surface area contributed by atoms with E-state index >= 15 is 0 Å². The van der Waals surface area contributed by atoms with Gasteiger partial charge in [0, 0.05) is 41.4 Å². The Kier molecular flexibility index (Phi) is 5.84. The van der Waals surface area contributed by atoms with Crippen LogP contribution in [-0.4, -0.2) is 20.3 Å². The minimum atomic E-state index is -0.149. The van der Waals surface area contributed by atoms with Crippen LogP contribution >= 0.6 is 11.6 Å². The van der Waals surface area contributed by atoms with Gasteiger partial charge in [-0.25, -0.2) is 0 Å². The average Bonchev–Trinajstić information content (AvgIpc) is 3.13. The first-order valence-corrected chi connectivity index (χ1v) is 11.0. The summed E-state index contributed by atoms with van der Waals surface area (Å²) in [6.45, 7) is 4.99. The summed E-state index contributed by atoms with van der Waals surface area (Å²) in [6, 6.07) is 10.8. The smallest absolute Gasteiger partial charge is 0.269 e. The first-order chi connectivity index (χ1) is 13.9. The Morgan fingerprint density at radius 3 is 2.59 bits per heavy atom. The normalized spacial score (nSPS) is 19.9. The van der Waals surface area contributed by atoms with Gasteiger partial charge in [-0.05, 0) is 67.9 Å². The highest BCUT2D eigenvalue weighted by Gasteiger charge is 2.21. The minimum Gasteiger partial charge on any atom is -0.393 e. The van der Waals surface area contributed by atoms with E-state index in [2.05, 4.69) is 48.9 Å². The van der Waals surface area contributed by atoms with Crippen molar-refractivity contribution in [3.63, 3.8) is 0 Å². The van der Waals surface area contributed by atoms with Crippen molar-refractivity contribution in [3.8, 4) is 11.1 Å². The van der Waals surface area contributed by atoms with Crippen molar-refractivity contribution in [1.29, 1.82) is 0 Å². The maximum Gasteiger partial charge on any atom is 0.269 e. The maximum atomic E-state index is 12.7. The fourth-order valence-corrected chi connectivity index (χ4v) is 4.61. The quantitative estimate of drug-likeness (QED) is 0.588. The molecule has 0 aliphatic heterocycles. The van der Waals surface area contributed by atoms with Crippen molar-refractivity contribution in [2.24, 2.45) is 5.92 Å². The molecule has 0 radical (unpaired) electrons. The number of aromatic nitrogens is 2. The number of rotatable bonds is 5. The Morgan fingerprint density at radius 2 is 1.86 bits per heavy atom. The highest BCUT2D eigenvalue weighted by Crippen LogP contribution is 2.34. The van der Waals surface area contributed by atoms with Crippen LogP contribution in [-0.2, 0) is 6.54 Å². The van der Waals surface area contributed by atoms with E-state index in [1.54, 1.807) is 4.57 Å². The van der Waals surface area contributed by atoms with Gasteiger partial charge < -0.3 is 14.2 Å². The second-order valence-electron chi connectivity index (χ2n) is 8.68. The average molecular weight is 413 g/mol. The molecule has 0 atom stereocenters. The molecule has 1 aromatic carbocycles. The van der Waals surface area contributed by atoms with Crippen LogP contribution in [0.25, 0.3) is 22.0 Å². The van der Waals surface area contributed by atoms with Crippen molar-refractivity contribution in [1.82, 2.24) is 9.13 Å². The van der Waals surface area contributed by atoms with Crippen LogP contribution in [0, 0.1) is 5.92 Å². The van der Waals surface area contributed by atoms with Gasteiger partial charge in [0.2, 0.25) is 0 Å². The Morgan fingerprint density at radius 1 is 1.10 bits per heavy atom. The molecule has 1 N–H and O–H groups in total. The first kappa shape index (κ1) is 20.2. The van der Waals surface area contributed by atoms with Crippen LogP contribution in [0.2, 0.25) is 5.02 Å². The lowest BCUT2D eigenvalue weighted by Crippen LogP contribution is -2.21. The van der Waals surface area contributed by atoms with Gasteiger partial charge in [0.25, 0.3) is 5.56 Å². The van der Waals surface area contributed by atoms with Gasteiger partial charge in [0.1, 0.15) is 5.02 Å². The Hall–Kier alpha value is -2.04. The Labute approximate surface area is 176 Å². The van der Waals surface area contributed by atoms with Crippen LogP contribution in [0.1, 0.15) is 52.0 Å². The number of benzene rings is 1. The molecule has 2 aromatic heterocycles. The molecule has 1 saturated carbocycles. The van der Waals surface area contributed by atoms with Gasteiger partial charge in [0.15, 0.2) is 0 Å². The number of pyridine rings is 1. The summed E-state index contributed by atoms with van der Waals surface area (Å²) in [5, 5.41) is 11.2. The third kappa shape index (κ3) is 4.15. The molecule has 5 heteroatoms. The summed E-state index contributed by atoms with van der Waals surface area (Å²) in [6.07, 6.45) is 8.55. The van der Waals surface area contributed by atoms with Crippen LogP contribution in [0.3, 0.4) is 0 Å². The molecule has 2 heterocycles. The van der Waals surface area contributed by atoms with E-state index in [0.29, 0.717) is 18.5 Å². The SMILES string of the molecule is CC(C)CCn1ccc(-c2ccc3c(ccn3[C@H]3CC[C@H](O)CC3)c2)c(Cl)c1=O. The molecule has 0 amide bonds. The molecule has 3 aromatic rings. The van der Waals surface area contributed by atoms with Crippen LogP contribution in [0.15, 0.2) is 47.5 Å². The fourth-order valence-electron chi connectivity index (χ4n) is 4.33. The van der Waals surface area contributed by atoms with Crippen molar-refractivity contribution >= 4 is 22.5 Å². The molecule has 154 valence electrons. The summed E-state index contributed by atoms with van der Waals surface area (Å²) >= 11 is 6.48. The maximum absolute atomic E-state index is 12.7. The van der Waals surface area contributed by atoms with Gasteiger partial charge in [-0.1, -0.05) is 31.5 Å². The van der Waals surface area contributed by atoms with Crippen molar-refractivity contribution < 1.29 is 5.11 Å². The van der Waals surface area contributed by atoms with Crippen LogP contribution in [0.4, 0.5) is 0 Å². The number of hydrogen-bond acceptors (Lipinski definition) is 2. The van der Waals surface area contributed by atoms with Gasteiger partial charge in [-0.3, -0.25) is 4.79 Å². The summed E-state index contributed by atoms with van der Waals surface area (Å²) < 4.78 is 4.04. The summed E-state index contributed by atoms with van der Waals surface area (Å²) in [5.41, 5.74) is 2.82. The lowest BCUT2D eigenvalue weighted by atomic mass is 9.93. The lowest BCUT2D eigenvalue weighted by Gasteiger charge is -2.27. The molecule has 0 bridgehead atoms. The Bertz CT molecular complexity index is 1060. The highest BCUT2D eigenvalue weighted by molar-refractivity contribution is 6.33. The summed E-state index contributed by atoms with van der Waals surface area (Å²) in [4.78, 5) is 12.7. The third-order valence-corrected chi connectivity index (χ3v) is 6.51. The molecular formula is C24H29ClN2O2. The molecule has 0 saturated heterocycles. The van der Waals surface area contributed by atoms with Crippen molar-refractivity contribution in [3.05, 3.63) is 58.1 Å². The zero-order valence-corrected chi connectivity index (χ0v) is 17.9. The van der Waals surface area contributed by atoms with Gasteiger partial charge in [0.05, 0.1) is 6.10 Å². The number of hydrogen-bond donors (Lipinski definition) is 1. The summed E-state index contributed by atoms with van der Waals surface area (Å²) in [5.74, 6) is 0.541. The molecule has 1 aliphatic rings.